The van der Waals surface area contributed by atoms with Crippen LogP contribution >= 0.6 is 27.3 Å². The third-order valence-corrected chi connectivity index (χ3v) is 5.12. The Kier molecular flexibility index (Phi) is 7.88. The number of esters is 1. The van der Waals surface area contributed by atoms with E-state index in [9.17, 15) is 9.59 Å². The number of carbonyl (C=O) groups is 2. The number of amides is 1. The summed E-state index contributed by atoms with van der Waals surface area (Å²) in [5.74, 6) is -0.345. The van der Waals surface area contributed by atoms with E-state index in [1.807, 2.05) is 24.3 Å². The third-order valence-electron chi connectivity index (χ3n) is 3.49. The van der Waals surface area contributed by atoms with Crippen molar-refractivity contribution in [1.82, 2.24) is 5.32 Å². The second kappa shape index (κ2) is 10.2. The number of thiophene rings is 1. The molecule has 1 aromatic carbocycles. The number of methoxy groups -OCH3 is 1. The highest BCUT2D eigenvalue weighted by Crippen LogP contribution is 2.29. The van der Waals surface area contributed by atoms with Crippen molar-refractivity contribution in [3.63, 3.8) is 0 Å². The number of hydrogen-bond donors (Lipinski definition) is 1. The lowest BCUT2D eigenvalue weighted by Crippen LogP contribution is -2.22. The lowest BCUT2D eigenvalue weighted by molar-refractivity contribution is -0.140. The van der Waals surface area contributed by atoms with Crippen molar-refractivity contribution in [2.24, 2.45) is 0 Å². The fourth-order valence-corrected chi connectivity index (χ4v) is 3.32. The summed E-state index contributed by atoms with van der Waals surface area (Å²) in [6, 6.07) is 12.2. The minimum Gasteiger partial charge on any atom is -0.469 e. The average molecular weight is 422 g/mol. The molecule has 0 aliphatic rings. The first-order chi connectivity index (χ1) is 12.1. The molecule has 0 bridgehead atoms. The highest BCUT2D eigenvalue weighted by molar-refractivity contribution is 9.10. The minimum absolute atomic E-state index is 0.128. The fourth-order valence-electron chi connectivity index (χ4n) is 2.14. The molecular formula is C19H20BrNO3S. The summed E-state index contributed by atoms with van der Waals surface area (Å²) in [5.41, 5.74) is 1.16. The molecule has 1 N–H and O–H groups in total. The van der Waals surface area contributed by atoms with Gasteiger partial charge in [-0.1, -0.05) is 28.1 Å². The van der Waals surface area contributed by atoms with Crippen molar-refractivity contribution in [3.05, 3.63) is 51.8 Å². The maximum absolute atomic E-state index is 11.8. The van der Waals surface area contributed by atoms with Gasteiger partial charge in [0.15, 0.2) is 0 Å². The SMILES string of the molecule is COC(=O)CCCCNC(=O)C=Cc1ccc(-c2ccc(Br)cc2)s1. The van der Waals surface area contributed by atoms with Crippen LogP contribution in [0.3, 0.4) is 0 Å². The van der Waals surface area contributed by atoms with Crippen LogP contribution in [0.5, 0.6) is 0 Å². The van der Waals surface area contributed by atoms with Crippen molar-refractivity contribution in [2.45, 2.75) is 19.3 Å². The van der Waals surface area contributed by atoms with Crippen LogP contribution < -0.4 is 5.32 Å². The minimum atomic E-state index is -0.217. The van der Waals surface area contributed by atoms with E-state index in [-0.39, 0.29) is 11.9 Å². The van der Waals surface area contributed by atoms with E-state index in [0.717, 1.165) is 26.2 Å². The smallest absolute Gasteiger partial charge is 0.305 e. The second-order valence-electron chi connectivity index (χ2n) is 5.37. The summed E-state index contributed by atoms with van der Waals surface area (Å²) in [4.78, 5) is 25.0. The summed E-state index contributed by atoms with van der Waals surface area (Å²) in [6.07, 6.45) is 5.20. The summed E-state index contributed by atoms with van der Waals surface area (Å²) in [5, 5.41) is 2.81. The van der Waals surface area contributed by atoms with Gasteiger partial charge >= 0.3 is 5.97 Å². The highest BCUT2D eigenvalue weighted by atomic mass is 79.9. The predicted molar refractivity (Wildman–Crippen MR) is 105 cm³/mol. The van der Waals surface area contributed by atoms with E-state index in [2.05, 4.69) is 44.2 Å². The van der Waals surface area contributed by atoms with Crippen LogP contribution in [0.4, 0.5) is 0 Å². The Bertz CT molecular complexity index is 737. The molecule has 25 heavy (non-hydrogen) atoms. The summed E-state index contributed by atoms with van der Waals surface area (Å²) in [7, 11) is 1.38. The average Bonchev–Trinajstić information content (AvgIpc) is 3.09. The van der Waals surface area contributed by atoms with Gasteiger partial charge in [0, 0.05) is 33.3 Å². The second-order valence-corrected chi connectivity index (χ2v) is 7.40. The van der Waals surface area contributed by atoms with Gasteiger partial charge < -0.3 is 10.1 Å². The molecule has 0 saturated carbocycles. The molecule has 132 valence electrons. The lowest BCUT2D eigenvalue weighted by atomic mass is 10.2. The Morgan fingerprint density at radius 2 is 1.92 bits per heavy atom. The maximum atomic E-state index is 11.8. The Morgan fingerprint density at radius 3 is 2.64 bits per heavy atom. The number of benzene rings is 1. The molecule has 0 spiro atoms. The molecule has 0 saturated heterocycles. The summed E-state index contributed by atoms with van der Waals surface area (Å²) >= 11 is 5.07. The van der Waals surface area contributed by atoms with Crippen LogP contribution in [0, 0.1) is 0 Å². The number of hydrogen-bond acceptors (Lipinski definition) is 4. The standard InChI is InChI=1S/C19H20BrNO3S/c1-24-19(23)4-2-3-13-21-18(22)12-10-16-9-11-17(25-16)14-5-7-15(20)8-6-14/h5-12H,2-4,13H2,1H3,(H,21,22). The molecule has 0 aliphatic heterocycles. The van der Waals surface area contributed by atoms with Crippen LogP contribution in [-0.4, -0.2) is 25.5 Å². The number of halogens is 1. The number of carbonyl (C=O) groups excluding carboxylic acids is 2. The molecule has 1 aromatic heterocycles. The molecule has 2 aromatic rings. The van der Waals surface area contributed by atoms with Crippen molar-refractivity contribution in [3.8, 4) is 10.4 Å². The van der Waals surface area contributed by atoms with Crippen LogP contribution in [0.2, 0.25) is 0 Å². The lowest BCUT2D eigenvalue weighted by Gasteiger charge is -2.01. The molecule has 4 nitrogen and oxygen atoms in total. The van der Waals surface area contributed by atoms with Gasteiger partial charge in [0.2, 0.25) is 5.91 Å². The number of rotatable bonds is 8. The Morgan fingerprint density at radius 1 is 1.16 bits per heavy atom. The Balaban J connectivity index is 1.77. The van der Waals surface area contributed by atoms with Gasteiger partial charge in [0.25, 0.3) is 0 Å². The zero-order valence-electron chi connectivity index (χ0n) is 14.0. The first-order valence-corrected chi connectivity index (χ1v) is 9.58. The van der Waals surface area contributed by atoms with Crippen molar-refractivity contribution in [1.29, 1.82) is 0 Å². The number of ether oxygens (including phenoxy) is 1. The molecule has 0 fully saturated rings. The van der Waals surface area contributed by atoms with Crippen molar-refractivity contribution in [2.75, 3.05) is 13.7 Å². The van der Waals surface area contributed by atoms with E-state index in [1.54, 1.807) is 11.3 Å². The zero-order chi connectivity index (χ0) is 18.1. The molecule has 0 unspecified atom stereocenters. The van der Waals surface area contributed by atoms with Crippen LogP contribution in [-0.2, 0) is 14.3 Å². The normalized spacial score (nSPS) is 10.8. The molecule has 1 amide bonds. The van der Waals surface area contributed by atoms with E-state index >= 15 is 0 Å². The van der Waals surface area contributed by atoms with Gasteiger partial charge in [-0.2, -0.15) is 0 Å². The third kappa shape index (κ3) is 6.84. The highest BCUT2D eigenvalue weighted by Gasteiger charge is 2.03. The predicted octanol–water partition coefficient (Wildman–Crippen LogP) is 4.65. The molecule has 6 heteroatoms. The Labute approximate surface area is 160 Å². The largest absolute Gasteiger partial charge is 0.469 e. The van der Waals surface area contributed by atoms with E-state index in [1.165, 1.54) is 13.2 Å². The van der Waals surface area contributed by atoms with Gasteiger partial charge in [0.1, 0.15) is 0 Å². The van der Waals surface area contributed by atoms with Gasteiger partial charge in [-0.15, -0.1) is 11.3 Å². The molecule has 0 aliphatic carbocycles. The fraction of sp³-hybridized carbons (Fsp3) is 0.263. The monoisotopic (exact) mass is 421 g/mol. The number of nitrogens with one attached hydrogen (secondary N) is 1. The van der Waals surface area contributed by atoms with E-state index in [0.29, 0.717) is 19.4 Å². The Hall–Kier alpha value is -1.92. The molecule has 1 heterocycles. The van der Waals surface area contributed by atoms with Crippen molar-refractivity contribution < 1.29 is 14.3 Å². The maximum Gasteiger partial charge on any atom is 0.305 e. The van der Waals surface area contributed by atoms with Crippen LogP contribution in [0.15, 0.2) is 46.9 Å². The number of unbranched alkanes of at least 4 members (excludes halogenated alkanes) is 1. The van der Waals surface area contributed by atoms with Crippen LogP contribution in [0.25, 0.3) is 16.5 Å². The van der Waals surface area contributed by atoms with Gasteiger partial charge in [-0.05, 0) is 48.7 Å². The zero-order valence-corrected chi connectivity index (χ0v) is 16.4. The molecule has 2 rings (SSSR count). The molecular weight excluding hydrogens is 402 g/mol. The van der Waals surface area contributed by atoms with Gasteiger partial charge in [-0.25, -0.2) is 0 Å². The summed E-state index contributed by atoms with van der Waals surface area (Å²) < 4.78 is 5.62. The topological polar surface area (TPSA) is 55.4 Å². The first kappa shape index (κ1) is 19.4. The summed E-state index contributed by atoms with van der Waals surface area (Å²) in [6.45, 7) is 0.550. The van der Waals surface area contributed by atoms with Crippen molar-refractivity contribution >= 4 is 45.2 Å². The molecule has 0 radical (unpaired) electrons. The molecule has 0 atom stereocenters. The van der Waals surface area contributed by atoms with E-state index in [4.69, 9.17) is 0 Å². The van der Waals surface area contributed by atoms with Gasteiger partial charge in [-0.3, -0.25) is 9.59 Å². The quantitative estimate of drug-likeness (QED) is 0.383. The van der Waals surface area contributed by atoms with E-state index < -0.39 is 0 Å². The van der Waals surface area contributed by atoms with Crippen LogP contribution in [0.1, 0.15) is 24.1 Å². The first-order valence-electron chi connectivity index (χ1n) is 7.97. The van der Waals surface area contributed by atoms with Gasteiger partial charge in [0.05, 0.1) is 7.11 Å².